The van der Waals surface area contributed by atoms with Gasteiger partial charge in [-0.25, -0.2) is 4.90 Å². The number of non-ortho nitro benzene ring substituents is 1. The lowest BCUT2D eigenvalue weighted by Crippen LogP contribution is -2.31. The van der Waals surface area contributed by atoms with E-state index in [1.54, 1.807) is 12.1 Å². The van der Waals surface area contributed by atoms with E-state index >= 15 is 0 Å². The van der Waals surface area contributed by atoms with Crippen molar-refractivity contribution in [1.29, 1.82) is 0 Å². The molecule has 0 spiro atoms. The van der Waals surface area contributed by atoms with Gasteiger partial charge < -0.3 is 14.4 Å². The van der Waals surface area contributed by atoms with Gasteiger partial charge in [-0.3, -0.25) is 29.3 Å². The molecule has 190 valence electrons. The SMILES string of the molecule is COc1cc([N+](=O)[O-])ccc1N1C[C@@H](C(=O)Oc2cccc(N3C(=O)[C@H]4CC=CC[C@H]4C3=O)c2)CC1=O. The predicted octanol–water partition coefficient (Wildman–Crippen LogP) is 3.02. The Labute approximate surface area is 211 Å². The summed E-state index contributed by atoms with van der Waals surface area (Å²) in [6, 6.07) is 10.1. The summed E-state index contributed by atoms with van der Waals surface area (Å²) < 4.78 is 10.8. The van der Waals surface area contributed by atoms with E-state index in [2.05, 4.69) is 0 Å². The first-order valence-electron chi connectivity index (χ1n) is 11.8. The van der Waals surface area contributed by atoms with E-state index in [1.807, 2.05) is 12.2 Å². The largest absolute Gasteiger partial charge is 0.494 e. The molecule has 0 N–H and O–H groups in total. The summed E-state index contributed by atoms with van der Waals surface area (Å²) in [5.74, 6) is -2.80. The Morgan fingerprint density at radius 2 is 1.73 bits per heavy atom. The van der Waals surface area contributed by atoms with Crippen molar-refractivity contribution in [1.82, 2.24) is 0 Å². The zero-order chi connectivity index (χ0) is 26.3. The highest BCUT2D eigenvalue weighted by molar-refractivity contribution is 6.22. The number of nitro benzene ring substituents is 1. The number of benzene rings is 2. The van der Waals surface area contributed by atoms with Crippen LogP contribution >= 0.6 is 0 Å². The molecule has 3 amide bonds. The van der Waals surface area contributed by atoms with Crippen LogP contribution in [-0.4, -0.2) is 42.3 Å². The highest BCUT2D eigenvalue weighted by atomic mass is 16.6. The van der Waals surface area contributed by atoms with E-state index < -0.39 is 16.8 Å². The van der Waals surface area contributed by atoms with Crippen LogP contribution in [-0.2, 0) is 19.2 Å². The van der Waals surface area contributed by atoms with Crippen molar-refractivity contribution in [2.75, 3.05) is 23.5 Å². The van der Waals surface area contributed by atoms with Crippen molar-refractivity contribution < 1.29 is 33.6 Å². The van der Waals surface area contributed by atoms with Crippen LogP contribution in [0.1, 0.15) is 19.3 Å². The number of fused-ring (bicyclic) bond motifs is 1. The van der Waals surface area contributed by atoms with Gasteiger partial charge in [0.05, 0.1) is 47.2 Å². The summed E-state index contributed by atoms with van der Waals surface area (Å²) in [5, 5.41) is 11.1. The van der Waals surface area contributed by atoms with E-state index in [0.29, 0.717) is 24.2 Å². The topological polar surface area (TPSA) is 136 Å². The molecular weight excluding hydrogens is 482 g/mol. The molecule has 2 fully saturated rings. The standard InChI is InChI=1S/C26H23N3O8/c1-36-22-13-17(29(34)35)9-10-21(22)27-14-15(11-23(27)30)26(33)37-18-6-4-5-16(12-18)28-24(31)19-7-2-3-8-20(19)25(28)32/h2-6,9-10,12-13,15,19-20H,7-8,11,14H2,1H3/t15-,19-,20+/m0/s1. The number of anilines is 2. The number of imide groups is 1. The first-order chi connectivity index (χ1) is 17.8. The number of amides is 3. The Balaban J connectivity index is 1.30. The van der Waals surface area contributed by atoms with Crippen molar-refractivity contribution in [2.45, 2.75) is 19.3 Å². The number of nitrogens with zero attached hydrogens (tertiary/aromatic N) is 3. The van der Waals surface area contributed by atoms with Gasteiger partial charge in [-0.2, -0.15) is 0 Å². The Morgan fingerprint density at radius 1 is 1.03 bits per heavy atom. The average Bonchev–Trinajstić information content (AvgIpc) is 3.41. The summed E-state index contributed by atoms with van der Waals surface area (Å²) >= 11 is 0. The fourth-order valence-electron chi connectivity index (χ4n) is 5.04. The van der Waals surface area contributed by atoms with Gasteiger partial charge in [0.1, 0.15) is 11.5 Å². The number of carbonyl (C=O) groups excluding carboxylic acids is 4. The first-order valence-corrected chi connectivity index (χ1v) is 11.8. The van der Waals surface area contributed by atoms with Crippen LogP contribution in [0, 0.1) is 27.9 Å². The third kappa shape index (κ3) is 4.32. The molecule has 11 heteroatoms. The minimum absolute atomic E-state index is 0.00495. The van der Waals surface area contributed by atoms with E-state index in [0.717, 1.165) is 4.90 Å². The Bertz CT molecular complexity index is 1330. The zero-order valence-electron chi connectivity index (χ0n) is 19.9. The maximum atomic E-state index is 12.9. The second kappa shape index (κ2) is 9.49. The zero-order valence-corrected chi connectivity index (χ0v) is 19.9. The molecule has 2 saturated heterocycles. The number of esters is 1. The molecule has 3 atom stereocenters. The van der Waals surface area contributed by atoms with Gasteiger partial charge in [-0.1, -0.05) is 18.2 Å². The molecule has 37 heavy (non-hydrogen) atoms. The molecule has 2 heterocycles. The molecule has 0 radical (unpaired) electrons. The molecular formula is C26H23N3O8. The van der Waals surface area contributed by atoms with Gasteiger partial charge in [0, 0.05) is 25.1 Å². The van der Waals surface area contributed by atoms with Crippen molar-refractivity contribution in [3.05, 3.63) is 64.7 Å². The van der Waals surface area contributed by atoms with Crippen LogP contribution in [0.3, 0.4) is 0 Å². The number of carbonyl (C=O) groups is 4. The summed E-state index contributed by atoms with van der Waals surface area (Å²) in [7, 11) is 1.34. The molecule has 0 saturated carbocycles. The van der Waals surface area contributed by atoms with Gasteiger partial charge >= 0.3 is 5.97 Å². The first kappa shape index (κ1) is 24.2. The molecule has 0 aromatic heterocycles. The molecule has 0 unspecified atom stereocenters. The summed E-state index contributed by atoms with van der Waals surface area (Å²) in [5.41, 5.74) is 0.459. The number of allylic oxidation sites excluding steroid dienone is 2. The molecule has 2 aliphatic heterocycles. The van der Waals surface area contributed by atoms with E-state index in [4.69, 9.17) is 9.47 Å². The predicted molar refractivity (Wildman–Crippen MR) is 130 cm³/mol. The molecule has 0 bridgehead atoms. The minimum atomic E-state index is -0.792. The minimum Gasteiger partial charge on any atom is -0.494 e. The van der Waals surface area contributed by atoms with Crippen LogP contribution in [0.4, 0.5) is 17.1 Å². The summed E-state index contributed by atoms with van der Waals surface area (Å²) in [6.45, 7) is 0.00495. The molecule has 11 nitrogen and oxygen atoms in total. The lowest BCUT2D eigenvalue weighted by atomic mass is 9.85. The van der Waals surface area contributed by atoms with Gasteiger partial charge in [-0.15, -0.1) is 0 Å². The maximum Gasteiger partial charge on any atom is 0.316 e. The van der Waals surface area contributed by atoms with Crippen LogP contribution in [0.15, 0.2) is 54.6 Å². The van der Waals surface area contributed by atoms with Crippen LogP contribution in [0.5, 0.6) is 11.5 Å². The molecule has 3 aliphatic rings. The van der Waals surface area contributed by atoms with Crippen LogP contribution < -0.4 is 19.3 Å². The fraction of sp³-hybridized carbons (Fsp3) is 0.308. The van der Waals surface area contributed by atoms with Crippen LogP contribution in [0.25, 0.3) is 0 Å². The fourth-order valence-corrected chi connectivity index (χ4v) is 5.04. The number of ether oxygens (including phenoxy) is 2. The third-order valence-corrected chi connectivity index (χ3v) is 6.93. The molecule has 1 aliphatic carbocycles. The van der Waals surface area contributed by atoms with E-state index in [-0.39, 0.29) is 59.7 Å². The van der Waals surface area contributed by atoms with Crippen molar-refractivity contribution in [3.8, 4) is 11.5 Å². The summed E-state index contributed by atoms with van der Waals surface area (Å²) in [6.07, 6.45) is 4.75. The maximum absolute atomic E-state index is 12.9. The summed E-state index contributed by atoms with van der Waals surface area (Å²) in [4.78, 5) is 64.4. The van der Waals surface area contributed by atoms with Crippen molar-refractivity contribution >= 4 is 40.8 Å². The lowest BCUT2D eigenvalue weighted by Gasteiger charge is -2.19. The van der Waals surface area contributed by atoms with Crippen molar-refractivity contribution in [3.63, 3.8) is 0 Å². The Hall–Kier alpha value is -4.54. The average molecular weight is 505 g/mol. The Kier molecular flexibility index (Phi) is 6.20. The normalized spacial score (nSPS) is 22.8. The van der Waals surface area contributed by atoms with Crippen LogP contribution in [0.2, 0.25) is 0 Å². The Morgan fingerprint density at radius 3 is 2.38 bits per heavy atom. The number of nitro groups is 1. The highest BCUT2D eigenvalue weighted by Crippen LogP contribution is 2.39. The number of rotatable bonds is 6. The molecule has 2 aromatic rings. The quantitative estimate of drug-likeness (QED) is 0.146. The molecule has 2 aromatic carbocycles. The van der Waals surface area contributed by atoms with Gasteiger partial charge in [0.15, 0.2) is 0 Å². The number of hydrogen-bond acceptors (Lipinski definition) is 8. The second-order valence-corrected chi connectivity index (χ2v) is 9.10. The highest BCUT2D eigenvalue weighted by Gasteiger charge is 2.48. The van der Waals surface area contributed by atoms with Gasteiger partial charge in [0.25, 0.3) is 5.69 Å². The van der Waals surface area contributed by atoms with Gasteiger partial charge in [0.2, 0.25) is 17.7 Å². The second-order valence-electron chi connectivity index (χ2n) is 9.10. The lowest BCUT2D eigenvalue weighted by molar-refractivity contribution is -0.384. The third-order valence-electron chi connectivity index (χ3n) is 6.93. The molecule has 5 rings (SSSR count). The monoisotopic (exact) mass is 505 g/mol. The van der Waals surface area contributed by atoms with Crippen molar-refractivity contribution in [2.24, 2.45) is 17.8 Å². The van der Waals surface area contributed by atoms with Gasteiger partial charge in [-0.05, 0) is 31.0 Å². The van der Waals surface area contributed by atoms with E-state index in [1.165, 1.54) is 42.3 Å². The van der Waals surface area contributed by atoms with E-state index in [9.17, 15) is 29.3 Å². The number of hydrogen-bond donors (Lipinski definition) is 0. The number of methoxy groups -OCH3 is 1. The smallest absolute Gasteiger partial charge is 0.316 e.